The lowest BCUT2D eigenvalue weighted by Crippen LogP contribution is -2.28. The Hall–Kier alpha value is -1.46. The number of carboxylic acid groups (broad SMARTS) is 1. The third kappa shape index (κ3) is 2.77. The zero-order valence-corrected chi connectivity index (χ0v) is 9.20. The number of benzene rings is 1. The van der Waals surface area contributed by atoms with Gasteiger partial charge in [0, 0.05) is 6.42 Å². The van der Waals surface area contributed by atoms with E-state index in [0.29, 0.717) is 17.9 Å². The molecule has 0 unspecified atom stereocenters. The molecule has 5 nitrogen and oxygen atoms in total. The highest BCUT2D eigenvalue weighted by atomic mass is 35.5. The minimum atomic E-state index is -0.815. The quantitative estimate of drug-likeness (QED) is 0.835. The summed E-state index contributed by atoms with van der Waals surface area (Å²) in [6.45, 7) is 0. The van der Waals surface area contributed by atoms with E-state index in [1.54, 1.807) is 12.1 Å². The van der Waals surface area contributed by atoms with Crippen LogP contribution in [-0.4, -0.2) is 17.5 Å². The van der Waals surface area contributed by atoms with Crippen molar-refractivity contribution in [3.8, 4) is 11.5 Å². The number of aliphatic carboxylic acids is 1. The van der Waals surface area contributed by atoms with Crippen molar-refractivity contribution >= 4 is 18.4 Å². The van der Waals surface area contributed by atoms with Crippen molar-refractivity contribution in [3.05, 3.63) is 23.8 Å². The first-order chi connectivity index (χ1) is 7.15. The van der Waals surface area contributed by atoms with Crippen LogP contribution in [-0.2, 0) is 11.2 Å². The van der Waals surface area contributed by atoms with Crippen LogP contribution < -0.4 is 15.2 Å². The molecule has 0 bridgehead atoms. The molecule has 0 spiro atoms. The molecule has 1 aliphatic rings. The molecule has 0 radical (unpaired) electrons. The fraction of sp³-hybridized carbons (Fsp3) is 0.300. The normalized spacial score (nSPS) is 16.7. The molecule has 0 saturated carbocycles. The van der Waals surface area contributed by atoms with Crippen molar-refractivity contribution in [2.45, 2.75) is 19.3 Å². The maximum absolute atomic E-state index is 10.4. The third-order valence-electron chi connectivity index (χ3n) is 2.12. The molecular formula is C10H12ClNO4. The van der Waals surface area contributed by atoms with Gasteiger partial charge in [0.1, 0.15) is 0 Å². The van der Waals surface area contributed by atoms with E-state index in [2.05, 4.69) is 0 Å². The Morgan fingerprint density at radius 3 is 2.75 bits per heavy atom. The zero-order chi connectivity index (χ0) is 10.8. The summed E-state index contributed by atoms with van der Waals surface area (Å²) in [7, 11) is 0. The summed E-state index contributed by atoms with van der Waals surface area (Å²) in [6, 6.07) is 5.30. The molecule has 3 N–H and O–H groups in total. The molecule has 1 aliphatic heterocycles. The number of nitrogens with two attached hydrogens (primary N) is 1. The van der Waals surface area contributed by atoms with Gasteiger partial charge in [0.25, 0.3) is 6.41 Å². The van der Waals surface area contributed by atoms with E-state index in [4.69, 9.17) is 20.3 Å². The van der Waals surface area contributed by atoms with E-state index in [1.165, 1.54) is 0 Å². The predicted molar refractivity (Wildman–Crippen MR) is 58.9 cm³/mol. The van der Waals surface area contributed by atoms with E-state index in [9.17, 15) is 4.79 Å². The number of aryl methyl sites for hydroxylation is 1. The summed E-state index contributed by atoms with van der Waals surface area (Å²) in [4.78, 5) is 10.4. The molecule has 0 fully saturated rings. The highest BCUT2D eigenvalue weighted by Gasteiger charge is 2.20. The van der Waals surface area contributed by atoms with Gasteiger partial charge in [0.2, 0.25) is 0 Å². The van der Waals surface area contributed by atoms with Crippen molar-refractivity contribution in [2.24, 2.45) is 5.73 Å². The third-order valence-corrected chi connectivity index (χ3v) is 2.12. The van der Waals surface area contributed by atoms with Crippen LogP contribution in [0.4, 0.5) is 0 Å². The number of halogens is 1. The first kappa shape index (κ1) is 12.6. The van der Waals surface area contributed by atoms with E-state index in [0.717, 1.165) is 5.56 Å². The van der Waals surface area contributed by atoms with Crippen LogP contribution in [0.5, 0.6) is 11.5 Å². The molecule has 2 rings (SSSR count). The molecule has 0 saturated heterocycles. The first-order valence-electron chi connectivity index (χ1n) is 4.59. The van der Waals surface area contributed by atoms with Gasteiger partial charge in [0.05, 0.1) is 0 Å². The van der Waals surface area contributed by atoms with Gasteiger partial charge in [-0.1, -0.05) is 6.07 Å². The van der Waals surface area contributed by atoms with Gasteiger partial charge in [-0.25, -0.2) is 0 Å². The number of carboxylic acids is 1. The van der Waals surface area contributed by atoms with E-state index in [1.807, 2.05) is 6.07 Å². The largest absolute Gasteiger partial charge is 0.481 e. The molecular weight excluding hydrogens is 234 g/mol. The maximum Gasteiger partial charge on any atom is 0.303 e. The summed E-state index contributed by atoms with van der Waals surface area (Å²) in [5, 5.41) is 8.53. The molecule has 0 amide bonds. The van der Waals surface area contributed by atoms with Gasteiger partial charge in [-0.2, -0.15) is 0 Å². The van der Waals surface area contributed by atoms with Gasteiger partial charge in [-0.05, 0) is 24.1 Å². The van der Waals surface area contributed by atoms with Crippen molar-refractivity contribution in [1.82, 2.24) is 0 Å². The molecule has 1 atom stereocenters. The molecule has 1 aromatic carbocycles. The van der Waals surface area contributed by atoms with Crippen LogP contribution in [0.2, 0.25) is 0 Å². The number of fused-ring (bicyclic) bond motifs is 1. The van der Waals surface area contributed by atoms with Crippen LogP contribution in [0.25, 0.3) is 0 Å². The number of ether oxygens (including phenoxy) is 2. The summed E-state index contributed by atoms with van der Waals surface area (Å²) in [6.07, 6.45) is -0.179. The number of rotatable bonds is 3. The van der Waals surface area contributed by atoms with Crippen LogP contribution in [0.3, 0.4) is 0 Å². The summed E-state index contributed by atoms with van der Waals surface area (Å²) in [5.41, 5.74) is 6.32. The lowest BCUT2D eigenvalue weighted by molar-refractivity contribution is -0.136. The van der Waals surface area contributed by atoms with Crippen molar-refractivity contribution in [3.63, 3.8) is 0 Å². The van der Waals surface area contributed by atoms with E-state index in [-0.39, 0.29) is 18.8 Å². The van der Waals surface area contributed by atoms with Crippen molar-refractivity contribution < 1.29 is 19.4 Å². The highest BCUT2D eigenvalue weighted by Crippen LogP contribution is 2.34. The van der Waals surface area contributed by atoms with Crippen LogP contribution >= 0.6 is 12.4 Å². The summed E-state index contributed by atoms with van der Waals surface area (Å²) >= 11 is 0. The highest BCUT2D eigenvalue weighted by molar-refractivity contribution is 5.85. The number of hydrogen-bond donors (Lipinski definition) is 2. The Morgan fingerprint density at radius 1 is 1.38 bits per heavy atom. The van der Waals surface area contributed by atoms with Crippen LogP contribution in [0.1, 0.15) is 12.0 Å². The smallest absolute Gasteiger partial charge is 0.303 e. The number of hydrogen-bond acceptors (Lipinski definition) is 4. The lowest BCUT2D eigenvalue weighted by Gasteiger charge is -2.00. The molecule has 0 aliphatic carbocycles. The molecule has 88 valence electrons. The van der Waals surface area contributed by atoms with Crippen molar-refractivity contribution in [1.29, 1.82) is 0 Å². The second-order valence-electron chi connectivity index (χ2n) is 3.28. The van der Waals surface area contributed by atoms with Gasteiger partial charge in [-0.15, -0.1) is 12.4 Å². The lowest BCUT2D eigenvalue weighted by atomic mass is 10.1. The minimum absolute atomic E-state index is 0. The van der Waals surface area contributed by atoms with E-state index >= 15 is 0 Å². The molecule has 16 heavy (non-hydrogen) atoms. The Labute approximate surface area is 98.6 Å². The average Bonchev–Trinajstić information content (AvgIpc) is 2.53. The second-order valence-corrected chi connectivity index (χ2v) is 3.28. The monoisotopic (exact) mass is 245 g/mol. The SMILES string of the molecule is Cl.N[C@@H]1Oc2ccc(CCC(=O)O)cc2O1. The standard InChI is InChI=1S/C10H11NO4.ClH/c11-10-14-7-3-1-6(2-4-9(12)13)5-8(7)15-10;/h1,3,5,10H,2,4,11H2,(H,12,13);1H/t10-;/m1./s1. The van der Waals surface area contributed by atoms with E-state index < -0.39 is 12.4 Å². The Balaban J connectivity index is 0.00000128. The Kier molecular flexibility index (Phi) is 3.98. The fourth-order valence-electron chi connectivity index (χ4n) is 1.42. The molecule has 1 heterocycles. The van der Waals surface area contributed by atoms with Crippen LogP contribution in [0.15, 0.2) is 18.2 Å². The number of carbonyl (C=O) groups is 1. The van der Waals surface area contributed by atoms with Gasteiger partial charge < -0.3 is 14.6 Å². The molecule has 6 heteroatoms. The Bertz CT molecular complexity index is 396. The topological polar surface area (TPSA) is 81.8 Å². The maximum atomic E-state index is 10.4. The van der Waals surface area contributed by atoms with Crippen molar-refractivity contribution in [2.75, 3.05) is 0 Å². The Morgan fingerprint density at radius 2 is 2.06 bits per heavy atom. The second kappa shape index (κ2) is 5.05. The summed E-state index contributed by atoms with van der Waals surface area (Å²) < 4.78 is 10.3. The van der Waals surface area contributed by atoms with Gasteiger partial charge in [0.15, 0.2) is 11.5 Å². The average molecular weight is 246 g/mol. The fourth-order valence-corrected chi connectivity index (χ4v) is 1.42. The van der Waals surface area contributed by atoms with Gasteiger partial charge >= 0.3 is 5.97 Å². The summed E-state index contributed by atoms with van der Waals surface area (Å²) in [5.74, 6) is 0.358. The molecule has 1 aromatic rings. The van der Waals surface area contributed by atoms with Gasteiger partial charge in [-0.3, -0.25) is 10.5 Å². The minimum Gasteiger partial charge on any atom is -0.481 e. The predicted octanol–water partition coefficient (Wildman–Crippen LogP) is 1.14. The zero-order valence-electron chi connectivity index (χ0n) is 8.38. The van der Waals surface area contributed by atoms with Crippen LogP contribution in [0, 0.1) is 0 Å². The first-order valence-corrected chi connectivity index (χ1v) is 4.59. The molecule has 0 aromatic heterocycles.